The van der Waals surface area contributed by atoms with Crippen molar-refractivity contribution >= 4 is 12.0 Å². The standard InChI is InChI=1S/C7H10NO.C5H12.U/c1-6(5-9)4-7(2)8-3;1-5(2,3)4;/h4H,1-3H3;1-4H3;/q-1;;/b6-4+,8-7?;;. The van der Waals surface area contributed by atoms with Crippen molar-refractivity contribution in [2.75, 3.05) is 7.05 Å². The Kier molecular flexibility index (Phi) is 14.6. The maximum atomic E-state index is 9.91. The summed E-state index contributed by atoms with van der Waals surface area (Å²) >= 11 is 0. The van der Waals surface area contributed by atoms with Crippen LogP contribution < -0.4 is 0 Å². The second-order valence-electron chi connectivity index (χ2n) is 4.79. The maximum absolute atomic E-state index is 9.91. The molecular formula is C12H22NOU-. The monoisotopic (exact) mass is 434 g/mol. The van der Waals surface area contributed by atoms with Crippen LogP contribution in [-0.4, -0.2) is 19.0 Å². The number of rotatable bonds is 2. The van der Waals surface area contributed by atoms with E-state index in [1.165, 1.54) is 0 Å². The molecule has 15 heavy (non-hydrogen) atoms. The molecule has 0 saturated carbocycles. The van der Waals surface area contributed by atoms with Gasteiger partial charge in [-0.1, -0.05) is 34.6 Å². The Labute approximate surface area is 118 Å². The number of nitrogens with zero attached hydrogens (tertiary/aromatic N) is 1. The molecule has 0 aliphatic heterocycles. The Balaban J connectivity index is -0.000000208. The van der Waals surface area contributed by atoms with Crippen LogP contribution in [0.5, 0.6) is 0 Å². The largest absolute Gasteiger partial charge is 0.419 e. The normalized spacial score (nSPS) is 12.2. The molecule has 0 N–H and O–H groups in total. The van der Waals surface area contributed by atoms with E-state index in [1.54, 1.807) is 26.3 Å². The summed E-state index contributed by atoms with van der Waals surface area (Å²) in [5.41, 5.74) is 1.92. The summed E-state index contributed by atoms with van der Waals surface area (Å²) in [5.74, 6) is 0. The second-order valence-corrected chi connectivity index (χ2v) is 4.79. The number of hydrogen-bond donors (Lipinski definition) is 0. The summed E-state index contributed by atoms with van der Waals surface area (Å²) in [7, 11) is 1.68. The predicted octanol–water partition coefficient (Wildman–Crippen LogP) is 3.19. The van der Waals surface area contributed by atoms with E-state index in [-0.39, 0.29) is 31.1 Å². The summed E-state index contributed by atoms with van der Waals surface area (Å²) in [6.07, 6.45) is 3.45. The molecule has 2 nitrogen and oxygen atoms in total. The van der Waals surface area contributed by atoms with Crippen molar-refractivity contribution in [3.8, 4) is 0 Å². The van der Waals surface area contributed by atoms with Gasteiger partial charge < -0.3 is 9.79 Å². The molecule has 0 aromatic carbocycles. The Morgan fingerprint density at radius 3 is 1.73 bits per heavy atom. The fourth-order valence-electron chi connectivity index (χ4n) is 0.407. The van der Waals surface area contributed by atoms with Gasteiger partial charge in [-0.3, -0.25) is 0 Å². The Bertz CT molecular complexity index is 218. The molecule has 0 aromatic rings. The average molecular weight is 434 g/mol. The van der Waals surface area contributed by atoms with Crippen LogP contribution in [0.15, 0.2) is 16.6 Å². The zero-order valence-electron chi connectivity index (χ0n) is 10.9. The SMILES string of the molecule is CC(C)(C)C.CN=C(C)/C=C(\C)[C-]=O.[U]. The zero-order chi connectivity index (χ0) is 11.8. The summed E-state index contributed by atoms with van der Waals surface area (Å²) in [6.45, 7) is 12.3. The molecule has 0 radical (unpaired) electrons. The van der Waals surface area contributed by atoms with Gasteiger partial charge in [-0.05, 0) is 24.3 Å². The van der Waals surface area contributed by atoms with Gasteiger partial charge in [-0.15, -0.1) is 0 Å². The molecule has 0 unspecified atom stereocenters. The van der Waals surface area contributed by atoms with E-state index in [0.29, 0.717) is 11.0 Å². The van der Waals surface area contributed by atoms with Crippen molar-refractivity contribution in [1.82, 2.24) is 0 Å². The molecule has 0 aliphatic rings. The first-order chi connectivity index (χ1) is 6.20. The van der Waals surface area contributed by atoms with Gasteiger partial charge in [0.05, 0.1) is 0 Å². The Hall–Kier alpha value is 0.132. The van der Waals surface area contributed by atoms with Crippen LogP contribution in [0.3, 0.4) is 0 Å². The average Bonchev–Trinajstić information content (AvgIpc) is 2.01. The fourth-order valence-corrected chi connectivity index (χ4v) is 0.407. The first-order valence-electron chi connectivity index (χ1n) is 4.70. The third-order valence-corrected chi connectivity index (χ3v) is 0.939. The molecule has 0 rings (SSSR count). The summed E-state index contributed by atoms with van der Waals surface area (Å²) in [5, 5.41) is 0. The predicted molar refractivity (Wildman–Crippen MR) is 63.6 cm³/mol. The molecule has 0 amide bonds. The molecule has 0 heterocycles. The van der Waals surface area contributed by atoms with E-state index >= 15 is 0 Å². The van der Waals surface area contributed by atoms with Gasteiger partial charge in [0.1, 0.15) is 0 Å². The van der Waals surface area contributed by atoms with Crippen molar-refractivity contribution in [2.24, 2.45) is 10.4 Å². The van der Waals surface area contributed by atoms with Crippen LogP contribution >= 0.6 is 0 Å². The molecule has 0 aliphatic carbocycles. The number of hydrogen-bond acceptors (Lipinski definition) is 2. The molecule has 0 bridgehead atoms. The third-order valence-electron chi connectivity index (χ3n) is 0.939. The molecule has 3 heteroatoms. The van der Waals surface area contributed by atoms with Crippen molar-refractivity contribution < 1.29 is 35.9 Å². The number of aliphatic imine (C=N–C) groups is 1. The van der Waals surface area contributed by atoms with Crippen molar-refractivity contribution in [3.05, 3.63) is 11.6 Å². The van der Waals surface area contributed by atoms with Crippen molar-refractivity contribution in [2.45, 2.75) is 41.5 Å². The first kappa shape index (κ1) is 20.5. The summed E-state index contributed by atoms with van der Waals surface area (Å²) in [6, 6.07) is 0. The molecule has 0 saturated heterocycles. The summed E-state index contributed by atoms with van der Waals surface area (Å²) < 4.78 is 0. The van der Waals surface area contributed by atoms with E-state index in [0.717, 1.165) is 5.71 Å². The topological polar surface area (TPSA) is 29.4 Å². The van der Waals surface area contributed by atoms with Crippen LogP contribution in [-0.2, 0) is 4.79 Å². The molecule has 0 spiro atoms. The number of carbonyl (C=O) groups excluding carboxylic acids is 1. The molecular weight excluding hydrogens is 412 g/mol. The van der Waals surface area contributed by atoms with Gasteiger partial charge in [0.2, 0.25) is 0 Å². The fraction of sp³-hybridized carbons (Fsp3) is 0.667. The molecule has 0 atom stereocenters. The summed E-state index contributed by atoms with van der Waals surface area (Å²) in [4.78, 5) is 13.7. The Morgan fingerprint density at radius 1 is 1.20 bits per heavy atom. The van der Waals surface area contributed by atoms with Crippen LogP contribution in [0.1, 0.15) is 41.5 Å². The third kappa shape index (κ3) is 31.5. The molecule has 86 valence electrons. The Morgan fingerprint density at radius 2 is 1.53 bits per heavy atom. The zero-order valence-corrected chi connectivity index (χ0v) is 15.1. The second kappa shape index (κ2) is 10.6. The van der Waals surface area contributed by atoms with Gasteiger partial charge in [-0.2, -0.15) is 11.6 Å². The van der Waals surface area contributed by atoms with Crippen LogP contribution in [0, 0.1) is 36.5 Å². The van der Waals surface area contributed by atoms with E-state index in [2.05, 4.69) is 32.7 Å². The maximum Gasteiger partial charge on any atom is 0.0261 e. The number of allylic oxidation sites excluding steroid dienone is 2. The van der Waals surface area contributed by atoms with Gasteiger partial charge >= 0.3 is 0 Å². The van der Waals surface area contributed by atoms with Crippen molar-refractivity contribution in [1.29, 1.82) is 0 Å². The smallest absolute Gasteiger partial charge is 0.0261 e. The van der Waals surface area contributed by atoms with Crippen LogP contribution in [0.25, 0.3) is 0 Å². The minimum absolute atomic E-state index is 0. The first-order valence-corrected chi connectivity index (χ1v) is 4.70. The quantitative estimate of drug-likeness (QED) is 0.373. The van der Waals surface area contributed by atoms with E-state index < -0.39 is 0 Å². The van der Waals surface area contributed by atoms with Crippen molar-refractivity contribution in [3.63, 3.8) is 0 Å². The van der Waals surface area contributed by atoms with Gasteiger partial charge in [0, 0.05) is 38.2 Å². The molecule has 0 aromatic heterocycles. The van der Waals surface area contributed by atoms with E-state index in [4.69, 9.17) is 0 Å². The van der Waals surface area contributed by atoms with Gasteiger partial charge in [-0.25, -0.2) is 0 Å². The molecule has 0 fully saturated rings. The van der Waals surface area contributed by atoms with Crippen LogP contribution in [0.2, 0.25) is 0 Å². The minimum atomic E-state index is 0. The van der Waals surface area contributed by atoms with E-state index in [9.17, 15) is 4.79 Å². The minimum Gasteiger partial charge on any atom is -0.419 e. The van der Waals surface area contributed by atoms with E-state index in [1.807, 2.05) is 6.92 Å². The van der Waals surface area contributed by atoms with Gasteiger partial charge in [0.15, 0.2) is 0 Å². The van der Waals surface area contributed by atoms with Gasteiger partial charge in [0.25, 0.3) is 0 Å². The van der Waals surface area contributed by atoms with Crippen LogP contribution in [0.4, 0.5) is 0 Å².